The summed E-state index contributed by atoms with van der Waals surface area (Å²) in [5.74, 6) is 0.636. The Morgan fingerprint density at radius 2 is 1.89 bits per heavy atom. The lowest BCUT2D eigenvalue weighted by atomic mass is 9.84. The molecule has 0 bridgehead atoms. The Hall–Kier alpha value is -1.77. The van der Waals surface area contributed by atoms with E-state index in [2.05, 4.69) is 34.2 Å². The molecule has 1 aromatic rings. The molecule has 2 fully saturated rings. The van der Waals surface area contributed by atoms with Crippen LogP contribution in [0.1, 0.15) is 44.1 Å². The molecule has 0 unspecified atom stereocenters. The van der Waals surface area contributed by atoms with Crippen molar-refractivity contribution in [3.05, 3.63) is 28.8 Å². The third-order valence-corrected chi connectivity index (χ3v) is 6.29. The summed E-state index contributed by atoms with van der Waals surface area (Å²) in [6.07, 6.45) is 5.67. The fourth-order valence-electron chi connectivity index (χ4n) is 4.44. The molecule has 1 saturated carbocycles. The Bertz CT molecular complexity index is 681. The Labute approximate surface area is 173 Å². The molecular weight excluding hydrogens is 372 g/mol. The predicted octanol–water partition coefficient (Wildman–Crippen LogP) is 3.75. The number of carbonyl (C=O) groups excluding carboxylic acids is 1. The van der Waals surface area contributed by atoms with E-state index in [1.54, 1.807) is 0 Å². The SMILES string of the molecule is Cc1cc(Cl)cc(N2CCN(CC[C@H]3CC[C@H](NC(=O)CC#N)CC3)CC2)c1. The summed E-state index contributed by atoms with van der Waals surface area (Å²) in [7, 11) is 0. The average Bonchev–Trinajstić information content (AvgIpc) is 2.67. The number of nitriles is 1. The van der Waals surface area contributed by atoms with Gasteiger partial charge < -0.3 is 10.2 Å². The van der Waals surface area contributed by atoms with Crippen LogP contribution < -0.4 is 10.2 Å². The minimum atomic E-state index is -0.126. The highest BCUT2D eigenvalue weighted by Gasteiger charge is 2.24. The predicted molar refractivity (Wildman–Crippen MR) is 114 cm³/mol. The van der Waals surface area contributed by atoms with Gasteiger partial charge in [-0.1, -0.05) is 11.6 Å². The molecule has 1 aliphatic heterocycles. The Kier molecular flexibility index (Phi) is 7.58. The first-order chi connectivity index (χ1) is 13.5. The van der Waals surface area contributed by atoms with Crippen LogP contribution in [0.25, 0.3) is 0 Å². The van der Waals surface area contributed by atoms with Crippen LogP contribution >= 0.6 is 11.6 Å². The largest absolute Gasteiger partial charge is 0.369 e. The number of anilines is 1. The van der Waals surface area contributed by atoms with Gasteiger partial charge in [0.15, 0.2) is 0 Å². The summed E-state index contributed by atoms with van der Waals surface area (Å²) in [6.45, 7) is 7.57. The molecule has 152 valence electrons. The molecule has 28 heavy (non-hydrogen) atoms. The number of rotatable bonds is 6. The number of piperazine rings is 1. The van der Waals surface area contributed by atoms with Gasteiger partial charge in [0.25, 0.3) is 0 Å². The molecule has 1 N–H and O–H groups in total. The lowest BCUT2D eigenvalue weighted by Crippen LogP contribution is -2.47. The zero-order valence-corrected chi connectivity index (χ0v) is 17.5. The fraction of sp³-hybridized carbons (Fsp3) is 0.636. The van der Waals surface area contributed by atoms with Crippen molar-refractivity contribution in [2.24, 2.45) is 5.92 Å². The lowest BCUT2D eigenvalue weighted by molar-refractivity contribution is -0.121. The van der Waals surface area contributed by atoms with Gasteiger partial charge in [-0.2, -0.15) is 5.26 Å². The minimum Gasteiger partial charge on any atom is -0.369 e. The maximum Gasteiger partial charge on any atom is 0.234 e. The fourth-order valence-corrected chi connectivity index (χ4v) is 4.72. The van der Waals surface area contributed by atoms with E-state index in [1.165, 1.54) is 37.1 Å². The number of hydrogen-bond donors (Lipinski definition) is 1. The first-order valence-electron chi connectivity index (χ1n) is 10.4. The van der Waals surface area contributed by atoms with Crippen LogP contribution in [-0.2, 0) is 4.79 Å². The van der Waals surface area contributed by atoms with E-state index in [1.807, 2.05) is 12.1 Å². The number of amides is 1. The van der Waals surface area contributed by atoms with Crippen molar-refractivity contribution in [3.8, 4) is 6.07 Å². The zero-order valence-electron chi connectivity index (χ0n) is 16.8. The van der Waals surface area contributed by atoms with E-state index in [9.17, 15) is 4.79 Å². The van der Waals surface area contributed by atoms with Crippen molar-refractivity contribution in [3.63, 3.8) is 0 Å². The molecule has 5 nitrogen and oxygen atoms in total. The van der Waals surface area contributed by atoms with Gasteiger partial charge in [-0.15, -0.1) is 0 Å². The van der Waals surface area contributed by atoms with Gasteiger partial charge in [0.05, 0.1) is 6.07 Å². The first kappa shape index (κ1) is 21.0. The number of aryl methyl sites for hydroxylation is 1. The zero-order chi connectivity index (χ0) is 19.9. The molecule has 1 amide bonds. The third-order valence-electron chi connectivity index (χ3n) is 6.07. The first-order valence-corrected chi connectivity index (χ1v) is 10.8. The van der Waals surface area contributed by atoms with E-state index >= 15 is 0 Å². The topological polar surface area (TPSA) is 59.4 Å². The molecule has 1 aromatic carbocycles. The van der Waals surface area contributed by atoms with Gasteiger partial charge in [0.1, 0.15) is 6.42 Å². The molecule has 6 heteroatoms. The number of nitrogens with one attached hydrogen (secondary N) is 1. The molecule has 2 aliphatic rings. The lowest BCUT2D eigenvalue weighted by Gasteiger charge is -2.37. The second-order valence-electron chi connectivity index (χ2n) is 8.22. The van der Waals surface area contributed by atoms with Gasteiger partial charge in [0.2, 0.25) is 5.91 Å². The van der Waals surface area contributed by atoms with Crippen LogP contribution in [0.3, 0.4) is 0 Å². The molecule has 0 aromatic heterocycles. The van der Waals surface area contributed by atoms with Crippen LogP contribution in [0.2, 0.25) is 5.02 Å². The van der Waals surface area contributed by atoms with Crippen molar-refractivity contribution in [1.82, 2.24) is 10.2 Å². The van der Waals surface area contributed by atoms with E-state index in [0.29, 0.717) is 0 Å². The van der Waals surface area contributed by atoms with E-state index in [-0.39, 0.29) is 18.4 Å². The maximum atomic E-state index is 11.5. The summed E-state index contributed by atoms with van der Waals surface area (Å²) < 4.78 is 0. The molecule has 0 radical (unpaired) electrons. The van der Waals surface area contributed by atoms with Gasteiger partial charge >= 0.3 is 0 Å². The highest BCUT2D eigenvalue weighted by molar-refractivity contribution is 6.30. The molecular formula is C22H31ClN4O. The van der Waals surface area contributed by atoms with Gasteiger partial charge in [-0.3, -0.25) is 9.69 Å². The van der Waals surface area contributed by atoms with Crippen LogP contribution in [-0.4, -0.2) is 49.6 Å². The van der Waals surface area contributed by atoms with Crippen molar-refractivity contribution in [2.45, 2.75) is 51.5 Å². The number of halogens is 1. The number of benzene rings is 1. The summed E-state index contributed by atoms with van der Waals surface area (Å²) in [5.41, 5.74) is 2.45. The Morgan fingerprint density at radius 3 is 2.54 bits per heavy atom. The van der Waals surface area contributed by atoms with Gasteiger partial charge in [0, 0.05) is 42.9 Å². The molecule has 1 heterocycles. The number of carbonyl (C=O) groups is 1. The summed E-state index contributed by atoms with van der Waals surface area (Å²) in [4.78, 5) is 16.6. The van der Waals surface area contributed by atoms with E-state index in [4.69, 9.17) is 16.9 Å². The number of nitrogens with zero attached hydrogens (tertiary/aromatic N) is 3. The monoisotopic (exact) mass is 402 g/mol. The normalized spacial score (nSPS) is 23.2. The highest BCUT2D eigenvalue weighted by atomic mass is 35.5. The van der Waals surface area contributed by atoms with Gasteiger partial charge in [-0.05, 0) is 75.3 Å². The van der Waals surface area contributed by atoms with Crippen molar-refractivity contribution in [2.75, 3.05) is 37.6 Å². The summed E-state index contributed by atoms with van der Waals surface area (Å²) in [5, 5.41) is 12.4. The maximum absolute atomic E-state index is 11.5. The average molecular weight is 403 g/mol. The van der Waals surface area contributed by atoms with Gasteiger partial charge in [-0.25, -0.2) is 0 Å². The molecule has 0 spiro atoms. The van der Waals surface area contributed by atoms with Crippen molar-refractivity contribution in [1.29, 1.82) is 5.26 Å². The van der Waals surface area contributed by atoms with E-state index < -0.39 is 0 Å². The second kappa shape index (κ2) is 10.1. The van der Waals surface area contributed by atoms with Crippen molar-refractivity contribution < 1.29 is 4.79 Å². The Balaban J connectivity index is 1.35. The van der Waals surface area contributed by atoms with Crippen LogP contribution in [0.15, 0.2) is 18.2 Å². The minimum absolute atomic E-state index is 0.0271. The summed E-state index contributed by atoms with van der Waals surface area (Å²) >= 11 is 6.21. The highest BCUT2D eigenvalue weighted by Crippen LogP contribution is 2.28. The molecule has 1 saturated heterocycles. The van der Waals surface area contributed by atoms with Crippen molar-refractivity contribution >= 4 is 23.2 Å². The number of hydrogen-bond acceptors (Lipinski definition) is 4. The van der Waals surface area contributed by atoms with Crippen LogP contribution in [0, 0.1) is 24.2 Å². The molecule has 0 atom stereocenters. The Morgan fingerprint density at radius 1 is 1.18 bits per heavy atom. The molecule has 3 rings (SSSR count). The molecule has 1 aliphatic carbocycles. The standard InChI is InChI=1S/C22H31ClN4O/c1-17-14-19(23)16-21(15-17)27-12-10-26(11-13-27)9-7-18-2-4-20(5-3-18)25-22(28)6-8-24/h14-16,18,20H,2-7,9-13H2,1H3,(H,25,28)/t18-,20-. The third kappa shape index (κ3) is 6.12. The summed E-state index contributed by atoms with van der Waals surface area (Å²) in [6, 6.07) is 8.47. The van der Waals surface area contributed by atoms with Crippen LogP contribution in [0.5, 0.6) is 0 Å². The van der Waals surface area contributed by atoms with E-state index in [0.717, 1.165) is 50.0 Å². The van der Waals surface area contributed by atoms with Crippen LogP contribution in [0.4, 0.5) is 5.69 Å². The quantitative estimate of drug-likeness (QED) is 0.787. The smallest absolute Gasteiger partial charge is 0.234 e. The second-order valence-corrected chi connectivity index (χ2v) is 8.66.